The first kappa shape index (κ1) is 19.8. The second-order valence-electron chi connectivity index (χ2n) is 4.87. The topological polar surface area (TPSA) is 47.2 Å². The predicted molar refractivity (Wildman–Crippen MR) is 89.9 cm³/mol. The third-order valence-corrected chi connectivity index (χ3v) is 4.32. The molecule has 9 heteroatoms. The number of aromatic nitrogens is 1. The molecule has 0 bridgehead atoms. The van der Waals surface area contributed by atoms with Gasteiger partial charge in [-0.15, -0.1) is 0 Å². The molecule has 0 aliphatic heterocycles. The molecule has 0 radical (unpaired) electrons. The maximum Gasteiger partial charge on any atom is 0.432 e. The molecule has 0 aliphatic rings. The first-order valence-electron chi connectivity index (χ1n) is 7.12. The van der Waals surface area contributed by atoms with Crippen LogP contribution in [0.2, 0.25) is 5.02 Å². The molecular weight excluding hydrogens is 425 g/mol. The maximum absolute atomic E-state index is 13.5. The minimum atomic E-state index is -4.68. The molecule has 2 rings (SSSR count). The highest BCUT2D eigenvalue weighted by Gasteiger charge is 2.40. The van der Waals surface area contributed by atoms with Gasteiger partial charge in [0.15, 0.2) is 0 Å². The molecule has 1 heterocycles. The van der Waals surface area contributed by atoms with Crippen molar-refractivity contribution in [3.8, 4) is 17.3 Å². The van der Waals surface area contributed by atoms with Gasteiger partial charge in [-0.3, -0.25) is 0 Å². The Balaban J connectivity index is 2.62. The van der Waals surface area contributed by atoms with Gasteiger partial charge in [0.1, 0.15) is 25.3 Å². The van der Waals surface area contributed by atoms with Crippen molar-refractivity contribution in [3.63, 3.8) is 0 Å². The summed E-state index contributed by atoms with van der Waals surface area (Å²) in [4.78, 5) is 0. The van der Waals surface area contributed by atoms with Gasteiger partial charge in [-0.25, -0.2) is 0 Å². The van der Waals surface area contributed by atoms with Crippen LogP contribution in [0.15, 0.2) is 28.7 Å². The molecule has 0 aliphatic carbocycles. The van der Waals surface area contributed by atoms with Gasteiger partial charge in [-0.1, -0.05) is 23.7 Å². The maximum atomic E-state index is 13.5. The molecule has 0 spiro atoms. The standard InChI is InChI=1S/C16H13BrClF3N2O2/c1-2-24-9-25-8-23-14(10-3-5-11(18)6-4-10)12(7-22)13(17)15(23)16(19,20)21/h3-6H,2,8-9H2,1H3. The van der Waals surface area contributed by atoms with Crippen molar-refractivity contribution in [2.45, 2.75) is 19.8 Å². The molecule has 1 aromatic heterocycles. The van der Waals surface area contributed by atoms with E-state index in [1.54, 1.807) is 19.1 Å². The van der Waals surface area contributed by atoms with Crippen molar-refractivity contribution >= 4 is 27.5 Å². The Labute approximate surface area is 155 Å². The summed E-state index contributed by atoms with van der Waals surface area (Å²) in [5.41, 5.74) is -0.618. The fourth-order valence-electron chi connectivity index (χ4n) is 2.27. The normalized spacial score (nSPS) is 11.6. The van der Waals surface area contributed by atoms with Crippen LogP contribution in [0.4, 0.5) is 13.2 Å². The van der Waals surface area contributed by atoms with E-state index in [1.165, 1.54) is 12.1 Å². The van der Waals surface area contributed by atoms with Gasteiger partial charge >= 0.3 is 6.18 Å². The second kappa shape index (κ2) is 8.23. The highest BCUT2D eigenvalue weighted by molar-refractivity contribution is 9.10. The highest BCUT2D eigenvalue weighted by Crippen LogP contribution is 2.43. The van der Waals surface area contributed by atoms with Crippen molar-refractivity contribution in [3.05, 3.63) is 45.0 Å². The molecule has 0 N–H and O–H groups in total. The van der Waals surface area contributed by atoms with Crippen LogP contribution < -0.4 is 0 Å². The lowest BCUT2D eigenvalue weighted by molar-refractivity contribution is -0.149. The number of rotatable bonds is 6. The monoisotopic (exact) mass is 436 g/mol. The first-order valence-corrected chi connectivity index (χ1v) is 8.29. The Bertz CT molecular complexity index is 783. The number of hydrogen-bond donors (Lipinski definition) is 0. The van der Waals surface area contributed by atoms with Crippen molar-refractivity contribution in [2.75, 3.05) is 13.4 Å². The van der Waals surface area contributed by atoms with Crippen LogP contribution in [0.3, 0.4) is 0 Å². The average Bonchev–Trinajstić information content (AvgIpc) is 2.84. The molecule has 4 nitrogen and oxygen atoms in total. The van der Waals surface area contributed by atoms with Gasteiger partial charge < -0.3 is 14.0 Å². The minimum absolute atomic E-state index is 0.0925. The number of ether oxygens (including phenoxy) is 2. The summed E-state index contributed by atoms with van der Waals surface area (Å²) in [7, 11) is 0. The molecule has 0 amide bonds. The molecule has 0 atom stereocenters. The fourth-order valence-corrected chi connectivity index (χ4v) is 3.12. The molecular formula is C16H13BrClF3N2O2. The summed E-state index contributed by atoms with van der Waals surface area (Å²) in [6, 6.07) is 7.99. The molecule has 0 saturated heterocycles. The van der Waals surface area contributed by atoms with Gasteiger partial charge in [-0.2, -0.15) is 18.4 Å². The van der Waals surface area contributed by atoms with Gasteiger partial charge in [0, 0.05) is 11.6 Å². The Morgan fingerprint density at radius 2 is 1.88 bits per heavy atom. The van der Waals surface area contributed by atoms with Crippen LogP contribution in [0.25, 0.3) is 11.3 Å². The summed E-state index contributed by atoms with van der Waals surface area (Å²) in [6.07, 6.45) is -4.68. The molecule has 0 saturated carbocycles. The SMILES string of the molecule is CCOCOCn1c(-c2ccc(Cl)cc2)c(C#N)c(Br)c1C(F)(F)F. The van der Waals surface area contributed by atoms with Crippen molar-refractivity contribution in [2.24, 2.45) is 0 Å². The van der Waals surface area contributed by atoms with Crippen molar-refractivity contribution in [1.82, 2.24) is 4.57 Å². The van der Waals surface area contributed by atoms with E-state index in [-0.39, 0.29) is 22.5 Å². The number of hydrogen-bond acceptors (Lipinski definition) is 3. The first-order chi connectivity index (χ1) is 11.8. The van der Waals surface area contributed by atoms with E-state index in [1.807, 2.05) is 6.07 Å². The Morgan fingerprint density at radius 1 is 1.24 bits per heavy atom. The molecule has 0 fully saturated rings. The molecule has 1 aromatic carbocycles. The average molecular weight is 438 g/mol. The summed E-state index contributed by atoms with van der Waals surface area (Å²) < 4.78 is 51.3. The van der Waals surface area contributed by atoms with Crippen LogP contribution in [0.5, 0.6) is 0 Å². The molecule has 2 aromatic rings. The summed E-state index contributed by atoms with van der Waals surface area (Å²) in [5.74, 6) is 0. The van der Waals surface area contributed by atoms with E-state index < -0.39 is 18.6 Å². The van der Waals surface area contributed by atoms with Crippen LogP contribution in [-0.2, 0) is 22.4 Å². The van der Waals surface area contributed by atoms with Crippen LogP contribution in [0.1, 0.15) is 18.2 Å². The second-order valence-corrected chi connectivity index (χ2v) is 6.10. The van der Waals surface area contributed by atoms with Crippen molar-refractivity contribution in [1.29, 1.82) is 5.26 Å². The van der Waals surface area contributed by atoms with E-state index in [0.29, 0.717) is 17.2 Å². The molecule has 25 heavy (non-hydrogen) atoms. The lowest BCUT2D eigenvalue weighted by atomic mass is 10.1. The van der Waals surface area contributed by atoms with E-state index in [4.69, 9.17) is 21.1 Å². The quantitative estimate of drug-likeness (QED) is 0.447. The largest absolute Gasteiger partial charge is 0.432 e. The van der Waals surface area contributed by atoms with E-state index in [2.05, 4.69) is 15.9 Å². The van der Waals surface area contributed by atoms with Gasteiger partial charge in [-0.05, 0) is 40.5 Å². The van der Waals surface area contributed by atoms with Gasteiger partial charge in [0.05, 0.1) is 15.7 Å². The number of benzene rings is 1. The van der Waals surface area contributed by atoms with Gasteiger partial charge in [0.25, 0.3) is 0 Å². The Morgan fingerprint density at radius 3 is 2.40 bits per heavy atom. The zero-order chi connectivity index (χ0) is 18.6. The smallest absolute Gasteiger partial charge is 0.356 e. The van der Waals surface area contributed by atoms with Gasteiger partial charge in [0.2, 0.25) is 0 Å². The number of nitrogens with zero attached hydrogens (tertiary/aromatic N) is 2. The zero-order valence-corrected chi connectivity index (χ0v) is 15.4. The van der Waals surface area contributed by atoms with Crippen LogP contribution >= 0.6 is 27.5 Å². The highest BCUT2D eigenvalue weighted by atomic mass is 79.9. The fraction of sp³-hybridized carbons (Fsp3) is 0.312. The predicted octanol–water partition coefficient (Wildman–Crippen LogP) is 5.43. The summed E-state index contributed by atoms with van der Waals surface area (Å²) in [6.45, 7) is 1.53. The Kier molecular flexibility index (Phi) is 6.52. The zero-order valence-electron chi connectivity index (χ0n) is 13.0. The molecule has 134 valence electrons. The van der Waals surface area contributed by atoms with E-state index in [0.717, 1.165) is 4.57 Å². The third kappa shape index (κ3) is 4.36. The minimum Gasteiger partial charge on any atom is -0.356 e. The lowest BCUT2D eigenvalue weighted by Crippen LogP contribution is -2.17. The van der Waals surface area contributed by atoms with Crippen molar-refractivity contribution < 1.29 is 22.6 Å². The van der Waals surface area contributed by atoms with E-state index in [9.17, 15) is 18.4 Å². The summed E-state index contributed by atoms with van der Waals surface area (Å²) >= 11 is 8.74. The number of alkyl halides is 3. The summed E-state index contributed by atoms with van der Waals surface area (Å²) in [5, 5.41) is 9.81. The lowest BCUT2D eigenvalue weighted by Gasteiger charge is -2.16. The molecule has 0 unspecified atom stereocenters. The Hall–Kier alpha value is -1.53. The number of nitriles is 1. The number of halogens is 5. The van der Waals surface area contributed by atoms with Crippen LogP contribution in [-0.4, -0.2) is 18.0 Å². The third-order valence-electron chi connectivity index (χ3n) is 3.29. The van der Waals surface area contributed by atoms with Crippen LogP contribution in [0, 0.1) is 11.3 Å². The van der Waals surface area contributed by atoms with E-state index >= 15 is 0 Å².